The van der Waals surface area contributed by atoms with E-state index in [9.17, 15) is 0 Å². The summed E-state index contributed by atoms with van der Waals surface area (Å²) < 4.78 is 0. The average molecular weight is 506 g/mol. The van der Waals surface area contributed by atoms with Crippen molar-refractivity contribution < 1.29 is 23.3 Å². The molecule has 6 rings (SSSR count). The summed E-state index contributed by atoms with van der Waals surface area (Å²) in [4.78, 5) is 0. The van der Waals surface area contributed by atoms with Crippen molar-refractivity contribution in [3.63, 3.8) is 0 Å². The van der Waals surface area contributed by atoms with E-state index in [0.29, 0.717) is 0 Å². The van der Waals surface area contributed by atoms with Gasteiger partial charge in [-0.3, -0.25) is 0 Å². The summed E-state index contributed by atoms with van der Waals surface area (Å²) in [5.41, 5.74) is 2.62. The van der Waals surface area contributed by atoms with Crippen LogP contribution in [0.2, 0.25) is 0 Å². The molecule has 0 aromatic heterocycles. The molecule has 0 aliphatic carbocycles. The average Bonchev–Trinajstić information content (AvgIpc) is 3.43. The molecule has 0 nitrogen and oxygen atoms in total. The van der Waals surface area contributed by atoms with Gasteiger partial charge >= 0.3 is 30.2 Å². The van der Waals surface area contributed by atoms with Crippen LogP contribution >= 0.6 is 0 Å². The van der Waals surface area contributed by atoms with Gasteiger partial charge in [-0.1, -0.05) is 78.4 Å². The smallest absolute Gasteiger partial charge is 0.0623 e. The molecule has 0 heterocycles. The summed E-state index contributed by atoms with van der Waals surface area (Å²) in [5.74, 6) is 0. The van der Waals surface area contributed by atoms with Crippen LogP contribution in [0.15, 0.2) is 121 Å². The maximum absolute atomic E-state index is 3.06. The Labute approximate surface area is 208 Å². The van der Waals surface area contributed by atoms with Crippen molar-refractivity contribution in [3.05, 3.63) is 136 Å². The maximum atomic E-state index is 3.06. The van der Waals surface area contributed by atoms with E-state index in [0.717, 1.165) is 0 Å². The van der Waals surface area contributed by atoms with Gasteiger partial charge in [-0.2, -0.15) is 0 Å². The van der Waals surface area contributed by atoms with Gasteiger partial charge in [0.15, 0.2) is 0 Å². The molecule has 0 atom stereocenters. The molecule has 158 valence electrons. The molecule has 6 aromatic carbocycles. The molecule has 0 amide bonds. The third-order valence-corrected chi connectivity index (χ3v) is 5.29. The van der Waals surface area contributed by atoms with Gasteiger partial charge in [0.05, 0.1) is 0 Å². The number of hydrogen-bond donors (Lipinski definition) is 0. The molecule has 0 saturated heterocycles. The minimum absolute atomic E-state index is 0. The first-order valence-corrected chi connectivity index (χ1v) is 14.1. The van der Waals surface area contributed by atoms with Crippen LogP contribution < -0.4 is 0 Å². The van der Waals surface area contributed by atoms with Gasteiger partial charge in [-0.15, -0.1) is 86.4 Å². The Morgan fingerprint density at radius 2 is 0.938 bits per heavy atom. The van der Waals surface area contributed by atoms with Crippen LogP contribution in [-0.2, 0) is 23.3 Å². The summed E-state index contributed by atoms with van der Waals surface area (Å²) in [6.45, 7) is 3.06. The van der Waals surface area contributed by atoms with Crippen LogP contribution in [0.25, 0.3) is 43.4 Å². The Bertz CT molecular complexity index is 1330. The molecular weight excluding hydrogens is 480 g/mol. The van der Waals surface area contributed by atoms with Gasteiger partial charge in [-0.25, -0.2) is 0 Å². The van der Waals surface area contributed by atoms with Crippen molar-refractivity contribution in [2.45, 2.75) is 0 Å². The fourth-order valence-electron chi connectivity index (χ4n) is 3.92. The van der Waals surface area contributed by atoms with Gasteiger partial charge in [0.25, 0.3) is 0 Å². The minimum Gasteiger partial charge on any atom is -0.150 e. The SMILES string of the molecule is [CH3-].[CH3-].[Si]=[Zr].c1ccc(-c2c[cH-]c3ccccc23)cc1.c1ccc2c(c1)[cH-]c1ccccc12. The van der Waals surface area contributed by atoms with E-state index in [1.807, 2.05) is 0 Å². The molecule has 0 fully saturated rings. The van der Waals surface area contributed by atoms with E-state index in [1.54, 1.807) is 0 Å². The summed E-state index contributed by atoms with van der Waals surface area (Å²) in [7, 11) is 0. The molecule has 2 heteroatoms. The Morgan fingerprint density at radius 3 is 1.50 bits per heavy atom. The van der Waals surface area contributed by atoms with Crippen molar-refractivity contribution in [3.8, 4) is 11.1 Å². The molecule has 32 heavy (non-hydrogen) atoms. The van der Waals surface area contributed by atoms with Gasteiger partial charge in [0.2, 0.25) is 0 Å². The predicted octanol–water partition coefficient (Wildman–Crippen LogP) is 8.45. The normalized spacial score (nSPS) is 9.59. The Morgan fingerprint density at radius 1 is 0.500 bits per heavy atom. The van der Waals surface area contributed by atoms with E-state index < -0.39 is 0 Å². The van der Waals surface area contributed by atoms with Crippen LogP contribution in [-0.4, -0.2) is 6.88 Å². The Balaban J connectivity index is 0.000000201. The topological polar surface area (TPSA) is 0 Å². The molecule has 0 spiro atoms. The maximum Gasteiger partial charge on any atom is -0.0623 e. The first-order chi connectivity index (χ1) is 14.9. The van der Waals surface area contributed by atoms with Crippen molar-refractivity contribution in [2.75, 3.05) is 0 Å². The van der Waals surface area contributed by atoms with Gasteiger partial charge in [0.1, 0.15) is 0 Å². The van der Waals surface area contributed by atoms with Gasteiger partial charge in [0, 0.05) is 0 Å². The van der Waals surface area contributed by atoms with Crippen molar-refractivity contribution in [2.24, 2.45) is 0 Å². The van der Waals surface area contributed by atoms with E-state index in [-0.39, 0.29) is 14.9 Å². The Hall–Kier alpha value is -2.54. The van der Waals surface area contributed by atoms with Crippen LogP contribution in [0.5, 0.6) is 0 Å². The van der Waals surface area contributed by atoms with Crippen LogP contribution in [0, 0.1) is 14.9 Å². The second kappa shape index (κ2) is 12.5. The van der Waals surface area contributed by atoms with Gasteiger partial charge in [-0.05, 0) is 0 Å². The van der Waals surface area contributed by atoms with E-state index in [4.69, 9.17) is 0 Å². The molecule has 0 saturated carbocycles. The summed E-state index contributed by atoms with van der Waals surface area (Å²) in [6, 6.07) is 42.7. The summed E-state index contributed by atoms with van der Waals surface area (Å²) in [6.07, 6.45) is 0. The summed E-state index contributed by atoms with van der Waals surface area (Å²) >= 11 is 1.36. The second-order valence-electron chi connectivity index (χ2n) is 7.02. The predicted molar refractivity (Wildman–Crippen MR) is 141 cm³/mol. The molecule has 0 bridgehead atoms. The molecule has 0 aliphatic heterocycles. The van der Waals surface area contributed by atoms with Crippen molar-refractivity contribution in [1.29, 1.82) is 0 Å². The fraction of sp³-hybridized carbons (Fsp3) is 0. The fourth-order valence-corrected chi connectivity index (χ4v) is 3.92. The first-order valence-electron chi connectivity index (χ1n) is 9.88. The Kier molecular flexibility index (Phi) is 10.0. The number of rotatable bonds is 1. The number of benzene rings is 4. The summed E-state index contributed by atoms with van der Waals surface area (Å²) in [5, 5.41) is 8.05. The number of hydrogen-bond acceptors (Lipinski definition) is 0. The molecule has 6 aromatic rings. The van der Waals surface area contributed by atoms with Crippen molar-refractivity contribution in [1.82, 2.24) is 0 Å². The molecule has 0 N–H and O–H groups in total. The monoisotopic (exact) mass is 504 g/mol. The zero-order chi connectivity index (χ0) is 20.8. The molecule has 0 aliphatic rings. The van der Waals surface area contributed by atoms with Crippen molar-refractivity contribution >= 4 is 39.2 Å². The van der Waals surface area contributed by atoms with Crippen LogP contribution in [0.3, 0.4) is 0 Å². The second-order valence-corrected chi connectivity index (χ2v) is 7.02. The quantitative estimate of drug-likeness (QED) is 0.155. The van der Waals surface area contributed by atoms with Gasteiger partial charge < -0.3 is 14.9 Å². The largest absolute Gasteiger partial charge is 0.150 e. The standard InChI is InChI=1S/C15H11.C13H9.2CH3.Si.Zr/c1-2-6-12(7-3-1)15-11-10-13-8-4-5-9-14(13)15;1-3-7-12-10(5-1)9-11-6-2-4-8-13(11)12;;;;/h1-11H;1-9H;2*1H3;;/q4*-1;;. The van der Waals surface area contributed by atoms with E-state index in [1.165, 1.54) is 66.8 Å². The van der Waals surface area contributed by atoms with E-state index in [2.05, 4.69) is 128 Å². The molecular formula is C30H26SiZr-4. The number of fused-ring (bicyclic) bond motifs is 4. The van der Waals surface area contributed by atoms with Crippen LogP contribution in [0.1, 0.15) is 0 Å². The zero-order valence-corrected chi connectivity index (χ0v) is 22.0. The zero-order valence-electron chi connectivity index (χ0n) is 18.5. The molecule has 0 unspecified atom stereocenters. The first kappa shape index (κ1) is 25.7. The molecule has 2 radical (unpaired) electrons. The third kappa shape index (κ3) is 5.44. The van der Waals surface area contributed by atoms with E-state index >= 15 is 0 Å². The third-order valence-electron chi connectivity index (χ3n) is 5.29. The minimum atomic E-state index is 0. The van der Waals surface area contributed by atoms with Crippen LogP contribution in [0.4, 0.5) is 0 Å².